The topological polar surface area (TPSA) is 118 Å². The Morgan fingerprint density at radius 1 is 1.35 bits per heavy atom. The van der Waals surface area contributed by atoms with Gasteiger partial charge < -0.3 is 15.2 Å². The molecule has 0 aliphatic heterocycles. The van der Waals surface area contributed by atoms with Crippen LogP contribution in [0.25, 0.3) is 5.52 Å². The quantitative estimate of drug-likeness (QED) is 0.540. The van der Waals surface area contributed by atoms with Crippen molar-refractivity contribution in [2.45, 2.75) is 51.7 Å². The third kappa shape index (κ3) is 5.20. The monoisotopic (exact) mass is 489 g/mol. The standard InChI is InChI=1S/C23H28FN5O4S/c1-4-34(3,32)28-23(31)18-12-29-21(14(18)2)22(25-13-26-29)27-19-10-5-15(24)11-20(19)33-17-8-6-16(30)7-9-17/h5,10-13,16-17,30H,4,6-9H2,1-3H3,(H,25,26,27)/t16-,17-,34?. The Kier molecular flexibility index (Phi) is 6.85. The van der Waals surface area contributed by atoms with E-state index in [2.05, 4.69) is 19.8 Å². The van der Waals surface area contributed by atoms with Crippen molar-refractivity contribution in [1.82, 2.24) is 14.6 Å². The van der Waals surface area contributed by atoms with Gasteiger partial charge in [0.1, 0.15) is 23.4 Å². The van der Waals surface area contributed by atoms with Crippen molar-refractivity contribution in [1.29, 1.82) is 0 Å². The summed E-state index contributed by atoms with van der Waals surface area (Å²) in [4.78, 5) is 17.0. The number of hydrogen-bond acceptors (Lipinski definition) is 7. The van der Waals surface area contributed by atoms with Gasteiger partial charge >= 0.3 is 0 Å². The average Bonchev–Trinajstić information content (AvgIpc) is 3.14. The molecule has 2 N–H and O–H groups in total. The maximum absolute atomic E-state index is 14.0. The lowest BCUT2D eigenvalue weighted by molar-refractivity contribution is 0.0668. The molecule has 11 heteroatoms. The second-order valence-electron chi connectivity index (χ2n) is 8.53. The number of aliphatic hydroxyl groups excluding tert-OH is 1. The molecule has 1 fully saturated rings. The fraction of sp³-hybridized carbons (Fsp3) is 0.435. The lowest BCUT2D eigenvalue weighted by Gasteiger charge is -2.27. The first-order chi connectivity index (χ1) is 16.2. The number of benzene rings is 1. The number of fused-ring (bicyclic) bond motifs is 1. The highest BCUT2D eigenvalue weighted by molar-refractivity contribution is 7.93. The van der Waals surface area contributed by atoms with Crippen LogP contribution in [0.2, 0.25) is 0 Å². The van der Waals surface area contributed by atoms with E-state index in [-0.39, 0.29) is 23.5 Å². The fourth-order valence-electron chi connectivity index (χ4n) is 3.92. The highest BCUT2D eigenvalue weighted by atomic mass is 32.2. The predicted molar refractivity (Wildman–Crippen MR) is 128 cm³/mol. The van der Waals surface area contributed by atoms with Crippen LogP contribution in [0.4, 0.5) is 15.9 Å². The molecule has 0 saturated heterocycles. The zero-order valence-corrected chi connectivity index (χ0v) is 20.1. The van der Waals surface area contributed by atoms with E-state index >= 15 is 0 Å². The second kappa shape index (κ2) is 9.67. The van der Waals surface area contributed by atoms with Gasteiger partial charge in [0, 0.05) is 24.3 Å². The molecular weight excluding hydrogens is 461 g/mol. The lowest BCUT2D eigenvalue weighted by atomic mass is 9.95. The molecule has 2 aromatic heterocycles. The van der Waals surface area contributed by atoms with Crippen LogP contribution in [-0.4, -0.2) is 54.0 Å². The van der Waals surface area contributed by atoms with Crippen LogP contribution < -0.4 is 10.1 Å². The number of hydrogen-bond donors (Lipinski definition) is 2. The van der Waals surface area contributed by atoms with Crippen LogP contribution in [-0.2, 0) is 9.73 Å². The molecule has 1 aliphatic rings. The van der Waals surface area contributed by atoms with Crippen molar-refractivity contribution in [2.75, 3.05) is 17.3 Å². The zero-order valence-electron chi connectivity index (χ0n) is 19.3. The van der Waals surface area contributed by atoms with E-state index in [1.54, 1.807) is 19.9 Å². The molecule has 0 radical (unpaired) electrons. The number of aromatic nitrogens is 3. The van der Waals surface area contributed by atoms with Gasteiger partial charge in [-0.25, -0.2) is 18.1 Å². The molecule has 3 aromatic rings. The number of halogens is 1. The van der Waals surface area contributed by atoms with Crippen LogP contribution in [0.5, 0.6) is 5.75 Å². The molecule has 0 bridgehead atoms. The Bertz CT molecular complexity index is 1340. The van der Waals surface area contributed by atoms with E-state index in [1.165, 1.54) is 35.4 Å². The second-order valence-corrected chi connectivity index (χ2v) is 11.2. The smallest absolute Gasteiger partial charge is 0.286 e. The van der Waals surface area contributed by atoms with Crippen LogP contribution in [0.15, 0.2) is 35.1 Å². The van der Waals surface area contributed by atoms with E-state index in [4.69, 9.17) is 4.74 Å². The Hall–Kier alpha value is -3.05. The summed E-state index contributed by atoms with van der Waals surface area (Å²) >= 11 is 0. The van der Waals surface area contributed by atoms with E-state index in [0.29, 0.717) is 54.0 Å². The van der Waals surface area contributed by atoms with Gasteiger partial charge in [-0.05, 0) is 50.3 Å². The minimum atomic E-state index is -2.61. The van der Waals surface area contributed by atoms with Crippen molar-refractivity contribution >= 4 is 32.7 Å². The highest BCUT2D eigenvalue weighted by Gasteiger charge is 2.23. The third-order valence-corrected chi connectivity index (χ3v) is 7.63. The fourth-order valence-corrected chi connectivity index (χ4v) is 4.50. The molecule has 9 nitrogen and oxygen atoms in total. The highest BCUT2D eigenvalue weighted by Crippen LogP contribution is 2.34. The molecule has 0 spiro atoms. The third-order valence-electron chi connectivity index (χ3n) is 6.00. The van der Waals surface area contributed by atoms with Gasteiger partial charge in [0.05, 0.1) is 33.2 Å². The lowest BCUT2D eigenvalue weighted by Crippen LogP contribution is -2.26. The maximum Gasteiger partial charge on any atom is 0.286 e. The van der Waals surface area contributed by atoms with Gasteiger partial charge in [0.2, 0.25) is 0 Å². The van der Waals surface area contributed by atoms with Crippen molar-refractivity contribution in [2.24, 2.45) is 4.36 Å². The van der Waals surface area contributed by atoms with Gasteiger partial charge in [-0.3, -0.25) is 4.79 Å². The molecular formula is C23H28FN5O4S. The first kappa shape index (κ1) is 24.1. The van der Waals surface area contributed by atoms with Crippen LogP contribution in [0.3, 0.4) is 0 Å². The Morgan fingerprint density at radius 2 is 2.09 bits per heavy atom. The molecule has 1 atom stereocenters. The van der Waals surface area contributed by atoms with Crippen molar-refractivity contribution in [3.8, 4) is 5.75 Å². The average molecular weight is 490 g/mol. The van der Waals surface area contributed by atoms with Gasteiger partial charge in [-0.1, -0.05) is 6.92 Å². The molecule has 1 aliphatic carbocycles. The summed E-state index contributed by atoms with van der Waals surface area (Å²) in [6.45, 7) is 3.46. The molecule has 182 valence electrons. The van der Waals surface area contributed by atoms with Crippen LogP contribution >= 0.6 is 0 Å². The summed E-state index contributed by atoms with van der Waals surface area (Å²) in [7, 11) is -2.61. The molecule has 4 rings (SSSR count). The van der Waals surface area contributed by atoms with Gasteiger partial charge in [0.25, 0.3) is 5.91 Å². The molecule has 1 saturated carbocycles. The minimum absolute atomic E-state index is 0.125. The van der Waals surface area contributed by atoms with E-state index in [1.807, 2.05) is 0 Å². The number of nitrogens with zero attached hydrogens (tertiary/aromatic N) is 4. The zero-order chi connectivity index (χ0) is 24.5. The number of rotatable bonds is 6. The summed E-state index contributed by atoms with van der Waals surface area (Å²) in [5.41, 5.74) is 1.90. The van der Waals surface area contributed by atoms with Gasteiger partial charge in [0.15, 0.2) is 5.82 Å². The minimum Gasteiger partial charge on any atom is -0.488 e. The first-order valence-corrected chi connectivity index (χ1v) is 13.2. The number of aliphatic hydroxyl groups is 1. The number of amides is 1. The molecule has 1 aromatic carbocycles. The number of carbonyl (C=O) groups is 1. The van der Waals surface area contributed by atoms with E-state index < -0.39 is 21.5 Å². The number of carbonyl (C=O) groups excluding carboxylic acids is 1. The SMILES string of the molecule is CCS(C)(=O)=NC(=O)c1cn2ncnc(Nc3ccc(F)cc3O[C@H]3CC[C@H](O)CC3)c2c1C. The number of ether oxygens (including phenoxy) is 1. The van der Waals surface area contributed by atoms with E-state index in [0.717, 1.165) is 0 Å². The number of anilines is 2. The molecule has 2 heterocycles. The maximum atomic E-state index is 14.0. The Balaban J connectivity index is 1.68. The summed E-state index contributed by atoms with van der Waals surface area (Å²) in [6.07, 6.45) is 6.52. The molecule has 1 amide bonds. The van der Waals surface area contributed by atoms with Crippen molar-refractivity contribution < 1.29 is 23.2 Å². The van der Waals surface area contributed by atoms with E-state index in [9.17, 15) is 18.5 Å². The Morgan fingerprint density at radius 3 is 2.79 bits per heavy atom. The molecule has 1 unspecified atom stereocenters. The first-order valence-electron chi connectivity index (χ1n) is 11.1. The summed E-state index contributed by atoms with van der Waals surface area (Å²) in [5.74, 6) is -0.00664. The van der Waals surface area contributed by atoms with Crippen molar-refractivity contribution in [3.63, 3.8) is 0 Å². The van der Waals surface area contributed by atoms with Crippen molar-refractivity contribution in [3.05, 3.63) is 47.7 Å². The van der Waals surface area contributed by atoms with Crippen LogP contribution in [0, 0.1) is 12.7 Å². The summed E-state index contributed by atoms with van der Waals surface area (Å²) in [5, 5.41) is 17.1. The van der Waals surface area contributed by atoms with Crippen LogP contribution in [0.1, 0.15) is 48.5 Å². The number of aryl methyl sites for hydroxylation is 1. The van der Waals surface area contributed by atoms with Gasteiger partial charge in [-0.15, -0.1) is 0 Å². The predicted octanol–water partition coefficient (Wildman–Crippen LogP) is 3.86. The van der Waals surface area contributed by atoms with Gasteiger partial charge in [-0.2, -0.15) is 9.46 Å². The molecule has 34 heavy (non-hydrogen) atoms. The number of nitrogens with one attached hydrogen (secondary N) is 1. The summed E-state index contributed by atoms with van der Waals surface area (Å²) < 4.78 is 37.8. The Labute approximate surface area is 197 Å². The normalized spacial score (nSPS) is 20.0. The largest absolute Gasteiger partial charge is 0.488 e. The summed E-state index contributed by atoms with van der Waals surface area (Å²) in [6, 6.07) is 4.20.